The predicted molar refractivity (Wildman–Crippen MR) is 101 cm³/mol. The molecule has 9 heteroatoms. The lowest BCUT2D eigenvalue weighted by Crippen LogP contribution is -2.29. The Bertz CT molecular complexity index is 910. The highest BCUT2D eigenvalue weighted by Gasteiger charge is 2.32. The van der Waals surface area contributed by atoms with Crippen molar-refractivity contribution >= 4 is 27.5 Å². The van der Waals surface area contributed by atoms with Crippen LogP contribution in [0.2, 0.25) is 0 Å². The number of carbonyl (C=O) groups excluding carboxylic acids is 1. The molecule has 1 saturated carbocycles. The second-order valence-electron chi connectivity index (χ2n) is 7.13. The number of benzene rings is 1. The van der Waals surface area contributed by atoms with Crippen LogP contribution >= 0.6 is 11.8 Å². The van der Waals surface area contributed by atoms with E-state index in [-0.39, 0.29) is 29.4 Å². The fraction of sp³-hybridized carbons (Fsp3) is 0.500. The van der Waals surface area contributed by atoms with Gasteiger partial charge in [-0.15, -0.1) is 10.2 Å². The maximum atomic E-state index is 12.7. The number of hydrogen-bond acceptors (Lipinski definition) is 7. The standard InChI is InChI=1S/C18H21N3O4S2/c22-17(19-14-6-7-14)16(13-4-2-1-3-5-13)26-18-21-20-15(25-18)10-12-8-9-27(23,24)11-12/h1-5,12,14,16H,6-11H2,(H,19,22)/t12-,16-/m0/s1. The molecule has 0 spiro atoms. The van der Waals surface area contributed by atoms with Crippen molar-refractivity contribution in [3.63, 3.8) is 0 Å². The molecular weight excluding hydrogens is 386 g/mol. The Hall–Kier alpha value is -1.87. The summed E-state index contributed by atoms with van der Waals surface area (Å²) in [5.41, 5.74) is 0.877. The minimum absolute atomic E-state index is 0.0244. The zero-order chi connectivity index (χ0) is 18.9. The molecule has 1 aromatic carbocycles. The lowest BCUT2D eigenvalue weighted by Gasteiger charge is -2.14. The molecule has 0 bridgehead atoms. The Morgan fingerprint density at radius 2 is 2.00 bits per heavy atom. The van der Waals surface area contributed by atoms with Crippen molar-refractivity contribution in [2.45, 2.75) is 42.2 Å². The quantitative estimate of drug-likeness (QED) is 0.702. The van der Waals surface area contributed by atoms with Crippen molar-refractivity contribution in [3.8, 4) is 0 Å². The summed E-state index contributed by atoms with van der Waals surface area (Å²) >= 11 is 1.23. The first-order valence-corrected chi connectivity index (χ1v) is 11.7. The number of sulfone groups is 1. The Labute approximate surface area is 162 Å². The van der Waals surface area contributed by atoms with E-state index in [1.54, 1.807) is 0 Å². The van der Waals surface area contributed by atoms with E-state index in [1.807, 2.05) is 30.3 Å². The van der Waals surface area contributed by atoms with Crippen molar-refractivity contribution < 1.29 is 17.6 Å². The molecule has 2 heterocycles. The average molecular weight is 408 g/mol. The third-order valence-electron chi connectivity index (χ3n) is 4.72. The van der Waals surface area contributed by atoms with E-state index < -0.39 is 15.1 Å². The Kier molecular flexibility index (Phi) is 5.23. The van der Waals surface area contributed by atoms with Gasteiger partial charge < -0.3 is 9.73 Å². The van der Waals surface area contributed by atoms with Gasteiger partial charge in [-0.3, -0.25) is 4.79 Å². The van der Waals surface area contributed by atoms with Crippen molar-refractivity contribution in [3.05, 3.63) is 41.8 Å². The highest BCUT2D eigenvalue weighted by Crippen LogP contribution is 2.36. The maximum Gasteiger partial charge on any atom is 0.277 e. The Morgan fingerprint density at radius 1 is 1.22 bits per heavy atom. The number of rotatable bonds is 7. The summed E-state index contributed by atoms with van der Waals surface area (Å²) in [6.07, 6.45) is 3.13. The van der Waals surface area contributed by atoms with Crippen molar-refractivity contribution in [1.29, 1.82) is 0 Å². The monoisotopic (exact) mass is 407 g/mol. The summed E-state index contributed by atoms with van der Waals surface area (Å²) in [5.74, 6) is 0.791. The number of hydrogen-bond donors (Lipinski definition) is 1. The molecule has 7 nitrogen and oxygen atoms in total. The summed E-state index contributed by atoms with van der Waals surface area (Å²) in [7, 11) is -2.93. The first-order valence-electron chi connectivity index (χ1n) is 9.03. The van der Waals surface area contributed by atoms with Crippen LogP contribution in [0.15, 0.2) is 40.0 Å². The average Bonchev–Trinajstić information content (AvgIpc) is 3.23. The second kappa shape index (κ2) is 7.63. The number of nitrogens with zero attached hydrogens (tertiary/aromatic N) is 2. The number of amides is 1. The molecule has 0 radical (unpaired) electrons. The van der Waals surface area contributed by atoms with Crippen LogP contribution in [0.5, 0.6) is 0 Å². The van der Waals surface area contributed by atoms with E-state index >= 15 is 0 Å². The first-order chi connectivity index (χ1) is 13.0. The van der Waals surface area contributed by atoms with Gasteiger partial charge in [-0.1, -0.05) is 30.3 Å². The zero-order valence-electron chi connectivity index (χ0n) is 14.7. The van der Waals surface area contributed by atoms with Crippen LogP contribution in [-0.2, 0) is 21.1 Å². The van der Waals surface area contributed by atoms with E-state index in [9.17, 15) is 13.2 Å². The summed E-state index contributed by atoms with van der Waals surface area (Å²) < 4.78 is 28.9. The smallest absolute Gasteiger partial charge is 0.277 e. The van der Waals surface area contributed by atoms with Gasteiger partial charge in [0.2, 0.25) is 11.8 Å². The Balaban J connectivity index is 1.45. The molecule has 27 heavy (non-hydrogen) atoms. The molecular formula is C18H21N3O4S2. The topological polar surface area (TPSA) is 102 Å². The fourth-order valence-electron chi connectivity index (χ4n) is 3.15. The van der Waals surface area contributed by atoms with Crippen LogP contribution in [-0.4, -0.2) is 42.1 Å². The second-order valence-corrected chi connectivity index (χ2v) is 10.4. The summed E-state index contributed by atoms with van der Waals surface area (Å²) in [5, 5.41) is 11.0. The van der Waals surface area contributed by atoms with E-state index in [0.29, 0.717) is 24.0 Å². The van der Waals surface area contributed by atoms with E-state index in [0.717, 1.165) is 18.4 Å². The van der Waals surface area contributed by atoms with Crippen molar-refractivity contribution in [1.82, 2.24) is 15.5 Å². The van der Waals surface area contributed by atoms with Gasteiger partial charge in [0.25, 0.3) is 5.22 Å². The molecule has 1 aliphatic carbocycles. The SMILES string of the molecule is O=C(NC1CC1)[C@@H](Sc1nnc(C[C@@H]2CCS(=O)(=O)C2)o1)c1ccccc1. The first kappa shape index (κ1) is 18.5. The summed E-state index contributed by atoms with van der Waals surface area (Å²) in [4.78, 5) is 12.7. The van der Waals surface area contributed by atoms with Crippen LogP contribution in [0, 0.1) is 5.92 Å². The lowest BCUT2D eigenvalue weighted by atomic mass is 10.1. The van der Waals surface area contributed by atoms with Crippen molar-refractivity contribution in [2.24, 2.45) is 5.92 Å². The van der Waals surface area contributed by atoms with Crippen LogP contribution in [0.25, 0.3) is 0 Å². The summed E-state index contributed by atoms with van der Waals surface area (Å²) in [6, 6.07) is 9.78. The van der Waals surface area contributed by atoms with Crippen molar-refractivity contribution in [2.75, 3.05) is 11.5 Å². The van der Waals surface area contributed by atoms with E-state index in [1.165, 1.54) is 11.8 Å². The molecule has 2 aliphatic rings. The molecule has 4 rings (SSSR count). The van der Waals surface area contributed by atoms with Gasteiger partial charge >= 0.3 is 0 Å². The molecule has 1 amide bonds. The largest absolute Gasteiger partial charge is 0.416 e. The van der Waals surface area contributed by atoms with Gasteiger partial charge in [0.1, 0.15) is 5.25 Å². The summed E-state index contributed by atoms with van der Waals surface area (Å²) in [6.45, 7) is 0. The highest BCUT2D eigenvalue weighted by molar-refractivity contribution is 8.00. The molecule has 1 aromatic heterocycles. The number of aromatic nitrogens is 2. The maximum absolute atomic E-state index is 12.7. The minimum atomic E-state index is -2.93. The molecule has 1 aliphatic heterocycles. The third-order valence-corrected chi connectivity index (χ3v) is 7.65. The van der Waals surface area contributed by atoms with Crippen LogP contribution in [0.3, 0.4) is 0 Å². The molecule has 2 atom stereocenters. The molecule has 144 valence electrons. The predicted octanol–water partition coefficient (Wildman–Crippen LogP) is 2.16. The van der Waals surface area contributed by atoms with Gasteiger partial charge in [-0.25, -0.2) is 8.42 Å². The van der Waals surface area contributed by atoms with Crippen LogP contribution in [0.4, 0.5) is 0 Å². The number of carbonyl (C=O) groups is 1. The van der Waals surface area contributed by atoms with Gasteiger partial charge in [0.15, 0.2) is 9.84 Å². The Morgan fingerprint density at radius 3 is 2.67 bits per heavy atom. The van der Waals surface area contributed by atoms with E-state index in [4.69, 9.17) is 4.42 Å². The van der Waals surface area contributed by atoms with Crippen LogP contribution < -0.4 is 5.32 Å². The van der Waals surface area contributed by atoms with Gasteiger partial charge in [-0.2, -0.15) is 0 Å². The fourth-order valence-corrected chi connectivity index (χ4v) is 5.92. The minimum Gasteiger partial charge on any atom is -0.416 e. The van der Waals surface area contributed by atoms with E-state index in [2.05, 4.69) is 15.5 Å². The van der Waals surface area contributed by atoms with Gasteiger partial charge in [0, 0.05) is 12.5 Å². The molecule has 1 N–H and O–H groups in total. The third kappa shape index (κ3) is 4.90. The van der Waals surface area contributed by atoms with Crippen LogP contribution in [0.1, 0.15) is 36.0 Å². The van der Waals surface area contributed by atoms with Gasteiger partial charge in [-0.05, 0) is 42.5 Å². The zero-order valence-corrected chi connectivity index (χ0v) is 16.3. The number of nitrogens with one attached hydrogen (secondary N) is 1. The molecule has 0 unspecified atom stereocenters. The molecule has 2 fully saturated rings. The normalized spacial score (nSPS) is 22.4. The lowest BCUT2D eigenvalue weighted by molar-refractivity contribution is -0.120. The molecule has 1 saturated heterocycles. The molecule has 2 aromatic rings. The highest BCUT2D eigenvalue weighted by atomic mass is 32.2. The number of thioether (sulfide) groups is 1. The van der Waals surface area contributed by atoms with Gasteiger partial charge in [0.05, 0.1) is 11.5 Å².